The largest absolute Gasteiger partial charge is 0.493 e. The van der Waals surface area contributed by atoms with E-state index in [0.29, 0.717) is 23.8 Å². The van der Waals surface area contributed by atoms with Crippen LogP contribution in [-0.4, -0.2) is 53.5 Å². The molecule has 0 radical (unpaired) electrons. The maximum atomic E-state index is 13.5. The maximum absolute atomic E-state index is 13.5. The van der Waals surface area contributed by atoms with Gasteiger partial charge in [0, 0.05) is 37.5 Å². The molecule has 0 bridgehead atoms. The summed E-state index contributed by atoms with van der Waals surface area (Å²) in [5.74, 6) is 1.46. The van der Waals surface area contributed by atoms with Crippen LogP contribution in [0.4, 0.5) is 0 Å². The molecule has 156 valence electrons. The van der Waals surface area contributed by atoms with Gasteiger partial charge in [-0.05, 0) is 36.6 Å². The third-order valence-corrected chi connectivity index (χ3v) is 6.84. The molecule has 1 aromatic heterocycles. The number of benzene rings is 2. The Labute approximate surface area is 181 Å². The van der Waals surface area contributed by atoms with Crippen LogP contribution in [0, 0.1) is 0 Å². The van der Waals surface area contributed by atoms with Crippen molar-refractivity contribution in [1.82, 2.24) is 14.8 Å². The topological polar surface area (TPSA) is 45.7 Å². The molecular formula is C24H27N3O2S. The zero-order valence-corrected chi connectivity index (χ0v) is 18.2. The Balaban J connectivity index is 1.29. The minimum Gasteiger partial charge on any atom is -0.493 e. The first kappa shape index (κ1) is 19.5. The van der Waals surface area contributed by atoms with Crippen LogP contribution in [0.3, 0.4) is 0 Å². The van der Waals surface area contributed by atoms with Crippen molar-refractivity contribution in [2.45, 2.75) is 32.2 Å². The Morgan fingerprint density at radius 2 is 1.93 bits per heavy atom. The Morgan fingerprint density at radius 1 is 1.13 bits per heavy atom. The van der Waals surface area contributed by atoms with E-state index in [1.54, 1.807) is 11.3 Å². The van der Waals surface area contributed by atoms with Gasteiger partial charge in [-0.25, -0.2) is 4.98 Å². The number of carbonyl (C=O) groups excluding carboxylic acids is 1. The summed E-state index contributed by atoms with van der Waals surface area (Å²) in [6, 6.07) is 12.0. The molecule has 30 heavy (non-hydrogen) atoms. The van der Waals surface area contributed by atoms with E-state index in [1.165, 1.54) is 23.5 Å². The maximum Gasteiger partial charge on any atom is 0.258 e. The van der Waals surface area contributed by atoms with Crippen molar-refractivity contribution >= 4 is 28.0 Å². The monoisotopic (exact) mass is 421 g/mol. The number of hydrogen-bond acceptors (Lipinski definition) is 5. The summed E-state index contributed by atoms with van der Waals surface area (Å²) in [6.45, 7) is 6.59. The second kappa shape index (κ2) is 8.36. The molecule has 3 aromatic rings. The van der Waals surface area contributed by atoms with Gasteiger partial charge in [-0.15, -0.1) is 11.3 Å². The zero-order chi connectivity index (χ0) is 20.5. The highest BCUT2D eigenvalue weighted by atomic mass is 32.1. The normalized spacial score (nSPS) is 17.4. The zero-order valence-electron chi connectivity index (χ0n) is 17.3. The standard InChI is InChI=1S/C24H27N3O2S/c1-2-29-21-10-9-17-5-3-4-6-19(17)23(21)24(28)27-13-11-26(12-14-27)15-22-25-20(16-30-22)18-7-8-18/h3-6,9-10,16,18H,2,7-8,11-15H2,1H3. The number of nitrogens with zero attached hydrogens (tertiary/aromatic N) is 3. The lowest BCUT2D eigenvalue weighted by Gasteiger charge is -2.34. The molecule has 1 saturated carbocycles. The minimum absolute atomic E-state index is 0.0696. The molecule has 0 N–H and O–H groups in total. The lowest BCUT2D eigenvalue weighted by Crippen LogP contribution is -2.48. The van der Waals surface area contributed by atoms with Crippen LogP contribution in [0.1, 0.15) is 46.7 Å². The third kappa shape index (κ3) is 3.94. The molecule has 0 spiro atoms. The Morgan fingerprint density at radius 3 is 2.70 bits per heavy atom. The summed E-state index contributed by atoms with van der Waals surface area (Å²) in [6.07, 6.45) is 2.59. The van der Waals surface area contributed by atoms with Crippen molar-refractivity contribution in [3.8, 4) is 5.75 Å². The second-order valence-electron chi connectivity index (χ2n) is 8.10. The summed E-state index contributed by atoms with van der Waals surface area (Å²) in [4.78, 5) is 22.7. The molecule has 1 saturated heterocycles. The Kier molecular flexibility index (Phi) is 5.44. The van der Waals surface area contributed by atoms with Crippen molar-refractivity contribution in [1.29, 1.82) is 0 Å². The van der Waals surface area contributed by atoms with Crippen LogP contribution in [0.15, 0.2) is 41.8 Å². The molecule has 2 heterocycles. The predicted molar refractivity (Wildman–Crippen MR) is 120 cm³/mol. The first-order chi connectivity index (χ1) is 14.7. The van der Waals surface area contributed by atoms with Gasteiger partial charge >= 0.3 is 0 Å². The smallest absolute Gasteiger partial charge is 0.258 e. The highest BCUT2D eigenvalue weighted by Crippen LogP contribution is 2.40. The van der Waals surface area contributed by atoms with E-state index < -0.39 is 0 Å². The number of hydrogen-bond donors (Lipinski definition) is 0. The van der Waals surface area contributed by atoms with Crippen LogP contribution in [-0.2, 0) is 6.54 Å². The van der Waals surface area contributed by atoms with E-state index in [-0.39, 0.29) is 5.91 Å². The van der Waals surface area contributed by atoms with Gasteiger partial charge in [0.1, 0.15) is 10.8 Å². The number of ether oxygens (including phenoxy) is 1. The lowest BCUT2D eigenvalue weighted by atomic mass is 10.0. The van der Waals surface area contributed by atoms with Crippen LogP contribution < -0.4 is 4.74 Å². The van der Waals surface area contributed by atoms with Crippen molar-refractivity contribution in [3.05, 3.63) is 58.0 Å². The number of aromatic nitrogens is 1. The molecule has 1 amide bonds. The number of fused-ring (bicyclic) bond motifs is 1. The highest BCUT2D eigenvalue weighted by molar-refractivity contribution is 7.09. The molecule has 0 unspecified atom stereocenters. The first-order valence-electron chi connectivity index (χ1n) is 10.8. The number of thiazole rings is 1. The summed E-state index contributed by atoms with van der Waals surface area (Å²) >= 11 is 1.77. The Bertz CT molecular complexity index is 1050. The fraction of sp³-hybridized carbons (Fsp3) is 0.417. The fourth-order valence-corrected chi connectivity index (χ4v) is 5.09. The van der Waals surface area contributed by atoms with Crippen molar-refractivity contribution in [2.24, 2.45) is 0 Å². The SMILES string of the molecule is CCOc1ccc2ccccc2c1C(=O)N1CCN(Cc2nc(C3CC3)cs2)CC1. The number of carbonyl (C=O) groups is 1. The molecule has 1 aliphatic heterocycles. The van der Waals surface area contributed by atoms with Gasteiger partial charge in [0.05, 0.1) is 24.4 Å². The minimum atomic E-state index is 0.0696. The second-order valence-corrected chi connectivity index (χ2v) is 9.04. The average Bonchev–Trinajstić information content (AvgIpc) is 3.53. The van der Waals surface area contributed by atoms with E-state index in [4.69, 9.17) is 9.72 Å². The molecule has 5 rings (SSSR count). The molecule has 2 aliphatic rings. The fourth-order valence-electron chi connectivity index (χ4n) is 4.17. The molecular weight excluding hydrogens is 394 g/mol. The van der Waals surface area contributed by atoms with Gasteiger partial charge in [-0.1, -0.05) is 30.3 Å². The summed E-state index contributed by atoms with van der Waals surface area (Å²) in [7, 11) is 0. The lowest BCUT2D eigenvalue weighted by molar-refractivity contribution is 0.0626. The first-order valence-corrected chi connectivity index (χ1v) is 11.7. The van der Waals surface area contributed by atoms with Gasteiger partial charge in [0.25, 0.3) is 5.91 Å². The number of rotatable bonds is 6. The summed E-state index contributed by atoms with van der Waals surface area (Å²) < 4.78 is 5.82. The predicted octanol–water partition coefficient (Wildman–Crippen LogP) is 4.53. The molecule has 6 heteroatoms. The van der Waals surface area contributed by atoms with E-state index in [0.717, 1.165) is 43.5 Å². The number of amides is 1. The highest BCUT2D eigenvalue weighted by Gasteiger charge is 2.28. The summed E-state index contributed by atoms with van der Waals surface area (Å²) in [5.41, 5.74) is 1.97. The van der Waals surface area contributed by atoms with Gasteiger partial charge in [-0.3, -0.25) is 9.69 Å². The third-order valence-electron chi connectivity index (χ3n) is 5.99. The average molecular weight is 422 g/mol. The molecule has 0 atom stereocenters. The Hall–Kier alpha value is -2.44. The van der Waals surface area contributed by atoms with Crippen LogP contribution >= 0.6 is 11.3 Å². The van der Waals surface area contributed by atoms with E-state index in [2.05, 4.69) is 10.3 Å². The van der Waals surface area contributed by atoms with Crippen LogP contribution in [0.5, 0.6) is 5.75 Å². The van der Waals surface area contributed by atoms with Gasteiger partial charge in [0.15, 0.2) is 0 Å². The summed E-state index contributed by atoms with van der Waals surface area (Å²) in [5, 5.41) is 5.46. The number of piperazine rings is 1. The van der Waals surface area contributed by atoms with Gasteiger partial charge < -0.3 is 9.64 Å². The van der Waals surface area contributed by atoms with Crippen molar-refractivity contribution < 1.29 is 9.53 Å². The molecule has 2 fully saturated rings. The van der Waals surface area contributed by atoms with Crippen molar-refractivity contribution in [2.75, 3.05) is 32.8 Å². The molecule has 5 nitrogen and oxygen atoms in total. The van der Waals surface area contributed by atoms with Crippen LogP contribution in [0.25, 0.3) is 10.8 Å². The van der Waals surface area contributed by atoms with Crippen LogP contribution in [0.2, 0.25) is 0 Å². The van der Waals surface area contributed by atoms with E-state index in [9.17, 15) is 4.79 Å². The van der Waals surface area contributed by atoms with Gasteiger partial charge in [0.2, 0.25) is 0 Å². The van der Waals surface area contributed by atoms with E-state index >= 15 is 0 Å². The molecule has 1 aliphatic carbocycles. The van der Waals surface area contributed by atoms with Gasteiger partial charge in [-0.2, -0.15) is 0 Å². The van der Waals surface area contributed by atoms with Crippen molar-refractivity contribution in [3.63, 3.8) is 0 Å². The quantitative estimate of drug-likeness (QED) is 0.587. The molecule has 2 aromatic carbocycles. The van der Waals surface area contributed by atoms with E-state index in [1.807, 2.05) is 48.2 Å².